The van der Waals surface area contributed by atoms with Gasteiger partial charge in [-0.1, -0.05) is 0 Å². The molecule has 0 radical (unpaired) electrons. The molecule has 1 aliphatic rings. The molecular weight excluding hydrogens is 454 g/mol. The van der Waals surface area contributed by atoms with Gasteiger partial charge in [0.15, 0.2) is 17.4 Å². The fourth-order valence-corrected chi connectivity index (χ4v) is 4.29. The van der Waals surface area contributed by atoms with Crippen molar-refractivity contribution in [1.82, 2.24) is 19.9 Å². The number of hydrogen-bond donors (Lipinski definition) is 2. The van der Waals surface area contributed by atoms with E-state index < -0.39 is 17.5 Å². The number of carbonyl (C=O) groups is 1. The molecule has 2 aromatic carbocycles. The largest absolute Gasteiger partial charge is 0.433 e. The van der Waals surface area contributed by atoms with Gasteiger partial charge in [0, 0.05) is 55.6 Å². The molecule has 0 amide bonds. The summed E-state index contributed by atoms with van der Waals surface area (Å²) in [6.07, 6.45) is 1.14. The molecule has 2 aromatic heterocycles. The fourth-order valence-electron chi connectivity index (χ4n) is 4.29. The van der Waals surface area contributed by atoms with Crippen molar-refractivity contribution in [1.29, 1.82) is 0 Å². The number of anilines is 3. The van der Waals surface area contributed by atoms with Gasteiger partial charge >= 0.3 is 0 Å². The Hall–Kier alpha value is -4.05. The van der Waals surface area contributed by atoms with Crippen LogP contribution >= 0.6 is 0 Å². The van der Waals surface area contributed by atoms with E-state index in [0.717, 1.165) is 38.2 Å². The second kappa shape index (κ2) is 9.30. The van der Waals surface area contributed by atoms with Gasteiger partial charge in [-0.3, -0.25) is 9.36 Å². The van der Waals surface area contributed by atoms with Crippen LogP contribution in [0.5, 0.6) is 11.6 Å². The monoisotopic (exact) mass is 478 g/mol. The van der Waals surface area contributed by atoms with E-state index in [4.69, 9.17) is 4.74 Å². The number of piperazine rings is 1. The Balaban J connectivity index is 1.37. The lowest BCUT2D eigenvalue weighted by molar-refractivity contribution is 0.0939. The SMILES string of the molecule is CC(=O)n1c(C)cc2c(F)c(Oc3ncnc(Nc4ccc(N5CCNCC5)cc4)c3F)ccc21. The van der Waals surface area contributed by atoms with Crippen LogP contribution in [0.2, 0.25) is 0 Å². The summed E-state index contributed by atoms with van der Waals surface area (Å²) in [4.78, 5) is 22.0. The van der Waals surface area contributed by atoms with Crippen LogP contribution in [0.15, 0.2) is 48.8 Å². The van der Waals surface area contributed by atoms with Gasteiger partial charge in [-0.05, 0) is 49.4 Å². The minimum atomic E-state index is -0.851. The molecule has 1 aliphatic heterocycles. The lowest BCUT2D eigenvalue weighted by Gasteiger charge is -2.29. The van der Waals surface area contributed by atoms with E-state index in [2.05, 4.69) is 25.5 Å². The zero-order valence-electron chi connectivity index (χ0n) is 19.3. The van der Waals surface area contributed by atoms with Crippen LogP contribution in [0.1, 0.15) is 17.4 Å². The molecule has 4 aromatic rings. The van der Waals surface area contributed by atoms with Gasteiger partial charge < -0.3 is 20.3 Å². The molecule has 2 N–H and O–H groups in total. The van der Waals surface area contributed by atoms with Crippen LogP contribution in [0.3, 0.4) is 0 Å². The number of aryl methyl sites for hydroxylation is 1. The predicted octanol–water partition coefficient (Wildman–Crippen LogP) is 4.62. The number of nitrogens with zero attached hydrogens (tertiary/aromatic N) is 4. The second-order valence-electron chi connectivity index (χ2n) is 8.30. The highest BCUT2D eigenvalue weighted by molar-refractivity contribution is 5.93. The maximum absolute atomic E-state index is 15.1. The third-order valence-electron chi connectivity index (χ3n) is 5.96. The molecule has 1 fully saturated rings. The van der Waals surface area contributed by atoms with E-state index in [1.165, 1.54) is 17.6 Å². The molecule has 8 nitrogen and oxygen atoms in total. The smallest absolute Gasteiger partial charge is 0.261 e. The Morgan fingerprint density at radius 3 is 2.51 bits per heavy atom. The Bertz CT molecular complexity index is 1400. The molecule has 0 aliphatic carbocycles. The quantitative estimate of drug-likeness (QED) is 0.433. The summed E-state index contributed by atoms with van der Waals surface area (Å²) in [6.45, 7) is 6.83. The highest BCUT2D eigenvalue weighted by Gasteiger charge is 2.20. The maximum atomic E-state index is 15.1. The summed E-state index contributed by atoms with van der Waals surface area (Å²) in [5.41, 5.74) is 2.73. The summed E-state index contributed by atoms with van der Waals surface area (Å²) in [7, 11) is 0. The van der Waals surface area contributed by atoms with Gasteiger partial charge in [-0.15, -0.1) is 0 Å². The predicted molar refractivity (Wildman–Crippen MR) is 130 cm³/mol. The van der Waals surface area contributed by atoms with Gasteiger partial charge in [0.2, 0.25) is 11.7 Å². The van der Waals surface area contributed by atoms with Crippen molar-refractivity contribution >= 4 is 34.0 Å². The first kappa shape index (κ1) is 22.7. The number of fused-ring (bicyclic) bond motifs is 1. The zero-order valence-corrected chi connectivity index (χ0v) is 19.3. The van der Waals surface area contributed by atoms with Crippen molar-refractivity contribution < 1.29 is 18.3 Å². The Morgan fingerprint density at radius 1 is 1.06 bits per heavy atom. The summed E-state index contributed by atoms with van der Waals surface area (Å²) in [5, 5.41) is 6.44. The fraction of sp³-hybridized carbons (Fsp3) is 0.240. The van der Waals surface area contributed by atoms with Crippen LogP contribution in [0.25, 0.3) is 10.9 Å². The average Bonchev–Trinajstić information content (AvgIpc) is 3.21. The maximum Gasteiger partial charge on any atom is 0.261 e. The number of rotatable bonds is 5. The Labute approximate surface area is 200 Å². The molecule has 0 bridgehead atoms. The minimum absolute atomic E-state index is 0.0926. The molecule has 0 unspecified atom stereocenters. The van der Waals surface area contributed by atoms with Crippen LogP contribution in [-0.4, -0.2) is 46.6 Å². The van der Waals surface area contributed by atoms with Gasteiger partial charge in [0.1, 0.15) is 6.33 Å². The van der Waals surface area contributed by atoms with Crippen molar-refractivity contribution in [3.8, 4) is 11.6 Å². The summed E-state index contributed by atoms with van der Waals surface area (Å²) >= 11 is 0. The molecule has 5 rings (SSSR count). The van der Waals surface area contributed by atoms with Crippen molar-refractivity contribution in [3.63, 3.8) is 0 Å². The van der Waals surface area contributed by atoms with E-state index in [-0.39, 0.29) is 22.9 Å². The Morgan fingerprint density at radius 2 is 1.80 bits per heavy atom. The summed E-state index contributed by atoms with van der Waals surface area (Å²) < 4.78 is 37.2. The van der Waals surface area contributed by atoms with Crippen molar-refractivity contribution in [2.45, 2.75) is 13.8 Å². The first-order chi connectivity index (χ1) is 16.9. The van der Waals surface area contributed by atoms with Crippen LogP contribution in [0, 0.1) is 18.6 Å². The number of ether oxygens (including phenoxy) is 1. The average molecular weight is 479 g/mol. The standard InChI is InChI=1S/C25H24F2N6O2/c1-15-13-19-20(33(15)16(2)34)7-8-21(22(19)26)35-25-23(27)24(29-14-30-25)31-17-3-5-18(6-4-17)32-11-9-28-10-12-32/h3-8,13-14,28H,9-12H2,1-2H3,(H,29,30,31). The van der Waals surface area contributed by atoms with Gasteiger partial charge in [-0.25, -0.2) is 9.37 Å². The molecule has 180 valence electrons. The topological polar surface area (TPSA) is 84.3 Å². The molecule has 35 heavy (non-hydrogen) atoms. The van der Waals surface area contributed by atoms with E-state index >= 15 is 8.78 Å². The first-order valence-corrected chi connectivity index (χ1v) is 11.2. The second-order valence-corrected chi connectivity index (χ2v) is 8.30. The van der Waals surface area contributed by atoms with Crippen molar-refractivity contribution in [2.24, 2.45) is 0 Å². The molecular formula is C25H24F2N6O2. The zero-order chi connectivity index (χ0) is 24.5. The first-order valence-electron chi connectivity index (χ1n) is 11.2. The molecule has 0 saturated carbocycles. The normalized spacial score (nSPS) is 13.8. The van der Waals surface area contributed by atoms with E-state index in [9.17, 15) is 4.79 Å². The van der Waals surface area contributed by atoms with Crippen LogP contribution in [-0.2, 0) is 0 Å². The summed E-state index contributed by atoms with van der Waals surface area (Å²) in [5.74, 6) is -2.51. The van der Waals surface area contributed by atoms with Gasteiger partial charge in [-0.2, -0.15) is 9.37 Å². The third-order valence-corrected chi connectivity index (χ3v) is 5.96. The lowest BCUT2D eigenvalue weighted by Crippen LogP contribution is -2.43. The van der Waals surface area contributed by atoms with Crippen LogP contribution < -0.4 is 20.3 Å². The molecule has 3 heterocycles. The van der Waals surface area contributed by atoms with E-state index in [1.807, 2.05) is 24.3 Å². The number of aromatic nitrogens is 3. The van der Waals surface area contributed by atoms with Crippen molar-refractivity contribution in [3.05, 3.63) is 66.1 Å². The lowest BCUT2D eigenvalue weighted by atomic mass is 10.2. The third kappa shape index (κ3) is 4.40. The molecule has 0 atom stereocenters. The molecule has 1 saturated heterocycles. The number of halogens is 2. The molecule has 10 heteroatoms. The summed E-state index contributed by atoms with van der Waals surface area (Å²) in [6, 6.07) is 12.1. The number of hydrogen-bond acceptors (Lipinski definition) is 7. The van der Waals surface area contributed by atoms with Crippen molar-refractivity contribution in [2.75, 3.05) is 36.4 Å². The van der Waals surface area contributed by atoms with Gasteiger partial charge in [0.25, 0.3) is 5.88 Å². The van der Waals surface area contributed by atoms with Gasteiger partial charge in [0.05, 0.1) is 5.52 Å². The number of carbonyl (C=O) groups excluding carboxylic acids is 1. The number of benzene rings is 2. The van der Waals surface area contributed by atoms with E-state index in [1.54, 1.807) is 19.1 Å². The highest BCUT2D eigenvalue weighted by atomic mass is 19.1. The van der Waals surface area contributed by atoms with E-state index in [0.29, 0.717) is 16.9 Å². The number of nitrogens with one attached hydrogen (secondary N) is 2. The molecule has 0 spiro atoms. The van der Waals surface area contributed by atoms with Crippen LogP contribution in [0.4, 0.5) is 26.0 Å². The highest BCUT2D eigenvalue weighted by Crippen LogP contribution is 2.33. The minimum Gasteiger partial charge on any atom is -0.433 e. The Kier molecular flexibility index (Phi) is 6.04.